The first kappa shape index (κ1) is 15.5. The molecule has 0 radical (unpaired) electrons. The van der Waals surface area contributed by atoms with Gasteiger partial charge in [-0.3, -0.25) is 9.59 Å². The van der Waals surface area contributed by atoms with Crippen LogP contribution in [0.15, 0.2) is 47.6 Å². The second-order valence-electron chi connectivity index (χ2n) is 5.07. The maximum absolute atomic E-state index is 12.0. The largest absolute Gasteiger partial charge is 0.454 e. The number of fused-ring (bicyclic) bond motifs is 1. The van der Waals surface area contributed by atoms with Gasteiger partial charge < -0.3 is 14.8 Å². The van der Waals surface area contributed by atoms with Gasteiger partial charge in [0.25, 0.3) is 5.91 Å². The zero-order chi connectivity index (χ0) is 16.9. The minimum Gasteiger partial charge on any atom is -0.454 e. The van der Waals surface area contributed by atoms with E-state index in [1.54, 1.807) is 42.5 Å². The van der Waals surface area contributed by atoms with Gasteiger partial charge in [-0.25, -0.2) is 5.43 Å². The normalized spacial score (nSPS) is 12.2. The molecule has 2 aromatic carbocycles. The van der Waals surface area contributed by atoms with Gasteiger partial charge in [0.05, 0.1) is 6.21 Å². The zero-order valence-corrected chi connectivity index (χ0v) is 12.9. The molecule has 0 atom stereocenters. The van der Waals surface area contributed by atoms with E-state index < -0.39 is 0 Å². The highest BCUT2D eigenvalue weighted by Gasteiger charge is 2.15. The van der Waals surface area contributed by atoms with Gasteiger partial charge in [0.15, 0.2) is 11.5 Å². The Morgan fingerprint density at radius 3 is 2.58 bits per heavy atom. The number of carbonyl (C=O) groups is 2. The van der Waals surface area contributed by atoms with Gasteiger partial charge in [0, 0.05) is 18.2 Å². The van der Waals surface area contributed by atoms with Crippen molar-refractivity contribution in [2.24, 2.45) is 5.10 Å². The molecule has 0 aromatic heterocycles. The molecule has 3 rings (SSSR count). The molecule has 2 aromatic rings. The lowest BCUT2D eigenvalue weighted by molar-refractivity contribution is -0.114. The van der Waals surface area contributed by atoms with E-state index in [0.29, 0.717) is 22.7 Å². The Hall–Kier alpha value is -3.35. The summed E-state index contributed by atoms with van der Waals surface area (Å²) in [7, 11) is 0. The Morgan fingerprint density at radius 2 is 1.83 bits per heavy atom. The number of nitrogens with zero attached hydrogens (tertiary/aromatic N) is 1. The van der Waals surface area contributed by atoms with Crippen molar-refractivity contribution >= 4 is 23.7 Å². The first-order valence-electron chi connectivity index (χ1n) is 7.22. The third-order valence-electron chi connectivity index (χ3n) is 3.25. The predicted molar refractivity (Wildman–Crippen MR) is 88.4 cm³/mol. The Labute approximate surface area is 138 Å². The van der Waals surface area contributed by atoms with Crippen molar-refractivity contribution in [3.8, 4) is 11.5 Å². The minimum absolute atomic E-state index is 0.132. The molecule has 0 saturated carbocycles. The van der Waals surface area contributed by atoms with Gasteiger partial charge in [0.2, 0.25) is 12.7 Å². The average Bonchev–Trinajstić information content (AvgIpc) is 3.03. The van der Waals surface area contributed by atoms with E-state index in [9.17, 15) is 9.59 Å². The molecule has 0 aliphatic carbocycles. The average molecular weight is 325 g/mol. The van der Waals surface area contributed by atoms with Crippen molar-refractivity contribution in [1.82, 2.24) is 5.43 Å². The van der Waals surface area contributed by atoms with Crippen LogP contribution in [-0.4, -0.2) is 24.8 Å². The van der Waals surface area contributed by atoms with E-state index >= 15 is 0 Å². The van der Waals surface area contributed by atoms with Crippen molar-refractivity contribution < 1.29 is 19.1 Å². The van der Waals surface area contributed by atoms with Gasteiger partial charge in [-0.2, -0.15) is 5.10 Å². The molecule has 0 unspecified atom stereocenters. The summed E-state index contributed by atoms with van der Waals surface area (Å²) >= 11 is 0. The highest BCUT2D eigenvalue weighted by atomic mass is 16.7. The van der Waals surface area contributed by atoms with Crippen LogP contribution in [0.3, 0.4) is 0 Å². The maximum Gasteiger partial charge on any atom is 0.271 e. The van der Waals surface area contributed by atoms with Crippen LogP contribution in [0.5, 0.6) is 11.5 Å². The van der Waals surface area contributed by atoms with E-state index in [4.69, 9.17) is 9.47 Å². The maximum atomic E-state index is 12.0. The van der Waals surface area contributed by atoms with Crippen LogP contribution in [0.25, 0.3) is 0 Å². The third kappa shape index (κ3) is 3.70. The van der Waals surface area contributed by atoms with Crippen LogP contribution in [0.2, 0.25) is 0 Å². The summed E-state index contributed by atoms with van der Waals surface area (Å²) in [5.41, 5.74) is 4.36. The quantitative estimate of drug-likeness (QED) is 0.666. The van der Waals surface area contributed by atoms with Crippen LogP contribution in [-0.2, 0) is 4.79 Å². The lowest BCUT2D eigenvalue weighted by atomic mass is 10.2. The fourth-order valence-electron chi connectivity index (χ4n) is 2.12. The smallest absolute Gasteiger partial charge is 0.271 e. The van der Waals surface area contributed by atoms with Crippen LogP contribution in [0.1, 0.15) is 22.8 Å². The Balaban J connectivity index is 1.59. The minimum atomic E-state index is -0.348. The lowest BCUT2D eigenvalue weighted by Crippen LogP contribution is -2.17. The van der Waals surface area contributed by atoms with Gasteiger partial charge in [0.1, 0.15) is 0 Å². The first-order valence-corrected chi connectivity index (χ1v) is 7.22. The molecule has 0 bridgehead atoms. The van der Waals surface area contributed by atoms with Crippen molar-refractivity contribution in [2.45, 2.75) is 6.92 Å². The molecule has 0 spiro atoms. The van der Waals surface area contributed by atoms with Crippen molar-refractivity contribution in [3.05, 3.63) is 53.6 Å². The SMILES string of the molecule is CC(=O)Nc1ccc(/C=N/NC(=O)c2ccc3c(c2)OCO3)cc1. The predicted octanol–water partition coefficient (Wildman–Crippen LogP) is 2.14. The van der Waals surface area contributed by atoms with E-state index in [-0.39, 0.29) is 18.6 Å². The second kappa shape index (κ2) is 6.82. The number of anilines is 1. The first-order chi connectivity index (χ1) is 11.6. The van der Waals surface area contributed by atoms with Gasteiger partial charge >= 0.3 is 0 Å². The summed E-state index contributed by atoms with van der Waals surface area (Å²) in [4.78, 5) is 23.0. The van der Waals surface area contributed by atoms with Crippen LogP contribution < -0.4 is 20.2 Å². The van der Waals surface area contributed by atoms with E-state index in [2.05, 4.69) is 15.8 Å². The Bertz CT molecular complexity index is 800. The van der Waals surface area contributed by atoms with E-state index in [0.717, 1.165) is 5.56 Å². The molecule has 122 valence electrons. The molecular weight excluding hydrogens is 310 g/mol. The number of ether oxygens (including phenoxy) is 2. The Kier molecular flexibility index (Phi) is 4.42. The fourth-order valence-corrected chi connectivity index (χ4v) is 2.12. The summed E-state index contributed by atoms with van der Waals surface area (Å²) in [6.45, 7) is 1.61. The van der Waals surface area contributed by atoms with Gasteiger partial charge in [-0.1, -0.05) is 12.1 Å². The summed E-state index contributed by atoms with van der Waals surface area (Å²) in [6, 6.07) is 12.0. The number of amides is 2. The van der Waals surface area contributed by atoms with Crippen molar-refractivity contribution in [2.75, 3.05) is 12.1 Å². The number of rotatable bonds is 4. The highest BCUT2D eigenvalue weighted by Crippen LogP contribution is 2.32. The molecular formula is C17H15N3O4. The summed E-state index contributed by atoms with van der Waals surface area (Å²) < 4.78 is 10.4. The number of nitrogens with one attached hydrogen (secondary N) is 2. The molecule has 2 N–H and O–H groups in total. The van der Waals surface area contributed by atoms with E-state index in [1.165, 1.54) is 13.1 Å². The second-order valence-corrected chi connectivity index (χ2v) is 5.07. The third-order valence-corrected chi connectivity index (χ3v) is 3.25. The van der Waals surface area contributed by atoms with Gasteiger partial charge in [-0.15, -0.1) is 0 Å². The molecule has 1 heterocycles. The molecule has 2 amide bonds. The molecule has 7 heteroatoms. The fraction of sp³-hybridized carbons (Fsp3) is 0.118. The molecule has 0 fully saturated rings. The number of hydrazone groups is 1. The van der Waals surface area contributed by atoms with E-state index in [1.807, 2.05) is 0 Å². The van der Waals surface area contributed by atoms with Gasteiger partial charge in [-0.05, 0) is 35.9 Å². The van der Waals surface area contributed by atoms with Crippen LogP contribution in [0, 0.1) is 0 Å². The highest BCUT2D eigenvalue weighted by molar-refractivity contribution is 5.95. The molecule has 1 aliphatic rings. The molecule has 1 aliphatic heterocycles. The summed E-state index contributed by atoms with van der Waals surface area (Å²) in [5.74, 6) is 0.682. The molecule has 24 heavy (non-hydrogen) atoms. The zero-order valence-electron chi connectivity index (χ0n) is 12.9. The number of hydrogen-bond acceptors (Lipinski definition) is 5. The molecule has 0 saturated heterocycles. The number of carbonyl (C=O) groups excluding carboxylic acids is 2. The van der Waals surface area contributed by atoms with Crippen molar-refractivity contribution in [1.29, 1.82) is 0 Å². The Morgan fingerprint density at radius 1 is 1.08 bits per heavy atom. The lowest BCUT2D eigenvalue weighted by Gasteiger charge is -2.02. The molecule has 7 nitrogen and oxygen atoms in total. The number of benzene rings is 2. The summed E-state index contributed by atoms with van der Waals surface area (Å²) in [6.07, 6.45) is 1.52. The summed E-state index contributed by atoms with van der Waals surface area (Å²) in [5, 5.41) is 6.59. The standard InChI is InChI=1S/C17H15N3O4/c1-11(21)19-14-5-2-12(3-6-14)9-18-20-17(22)13-4-7-15-16(8-13)24-10-23-15/h2-9H,10H2,1H3,(H,19,21)(H,20,22)/b18-9+. The monoisotopic (exact) mass is 325 g/mol. The van der Waals surface area contributed by atoms with Crippen molar-refractivity contribution in [3.63, 3.8) is 0 Å². The topological polar surface area (TPSA) is 89.0 Å². The van der Waals surface area contributed by atoms with Crippen LogP contribution >= 0.6 is 0 Å². The van der Waals surface area contributed by atoms with Crippen LogP contribution in [0.4, 0.5) is 5.69 Å². The number of hydrogen-bond donors (Lipinski definition) is 2.